The molecule has 3 rings (SSSR count). The maximum absolute atomic E-state index is 10.7. The lowest BCUT2D eigenvalue weighted by Crippen LogP contribution is -2.52. The first kappa shape index (κ1) is 7.33. The second kappa shape index (κ2) is 2.09. The van der Waals surface area contributed by atoms with Gasteiger partial charge in [-0.05, 0) is 36.5 Å². The van der Waals surface area contributed by atoms with Crippen LogP contribution >= 0.6 is 0 Å². The average molecular weight is 152 g/mol. The van der Waals surface area contributed by atoms with Gasteiger partial charge in [-0.25, -0.2) is 0 Å². The lowest BCUT2D eigenvalue weighted by Gasteiger charge is -2.59. The van der Waals surface area contributed by atoms with Crippen LogP contribution in [0, 0.1) is 23.2 Å². The van der Waals surface area contributed by atoms with Crippen molar-refractivity contribution in [1.29, 1.82) is 0 Å². The molecule has 3 atom stereocenters. The molecule has 0 aromatic rings. The lowest BCUT2D eigenvalue weighted by molar-refractivity contribution is -0.134. The van der Waals surface area contributed by atoms with E-state index in [1.807, 2.05) is 0 Å². The van der Waals surface area contributed by atoms with Gasteiger partial charge < -0.3 is 4.79 Å². The van der Waals surface area contributed by atoms with Crippen molar-refractivity contribution in [2.45, 2.75) is 33.1 Å². The van der Waals surface area contributed by atoms with Crippen LogP contribution in [0.2, 0.25) is 0 Å². The summed E-state index contributed by atoms with van der Waals surface area (Å²) in [5, 5.41) is 0. The Bertz CT molecular complexity index is 181. The van der Waals surface area contributed by atoms with Gasteiger partial charge in [-0.1, -0.05) is 13.8 Å². The minimum Gasteiger partial charge on any atom is -0.303 e. The van der Waals surface area contributed by atoms with Gasteiger partial charge in [0, 0.05) is 5.92 Å². The van der Waals surface area contributed by atoms with Crippen molar-refractivity contribution >= 4 is 6.29 Å². The molecular weight excluding hydrogens is 136 g/mol. The quantitative estimate of drug-likeness (QED) is 0.527. The monoisotopic (exact) mass is 152 g/mol. The number of hydrogen-bond donors (Lipinski definition) is 0. The van der Waals surface area contributed by atoms with Crippen LogP contribution in [0.15, 0.2) is 0 Å². The summed E-state index contributed by atoms with van der Waals surface area (Å²) < 4.78 is 0. The molecule has 3 aliphatic rings. The molecule has 0 N–H and O–H groups in total. The van der Waals surface area contributed by atoms with Crippen LogP contribution < -0.4 is 0 Å². The first-order valence-corrected chi connectivity index (χ1v) is 4.61. The second-order valence-corrected chi connectivity index (χ2v) is 4.74. The fraction of sp³-hybridized carbons (Fsp3) is 0.900. The van der Waals surface area contributed by atoms with Crippen LogP contribution in [-0.2, 0) is 4.79 Å². The van der Waals surface area contributed by atoms with E-state index in [9.17, 15) is 4.79 Å². The molecule has 62 valence electrons. The Morgan fingerprint density at radius 2 is 2.09 bits per heavy atom. The summed E-state index contributed by atoms with van der Waals surface area (Å²) >= 11 is 0. The van der Waals surface area contributed by atoms with Crippen molar-refractivity contribution in [2.24, 2.45) is 23.2 Å². The molecule has 0 heterocycles. The maximum atomic E-state index is 10.7. The average Bonchev–Trinajstić information content (AvgIpc) is 2.04. The molecule has 3 aliphatic carbocycles. The van der Waals surface area contributed by atoms with E-state index in [0.29, 0.717) is 17.3 Å². The zero-order chi connectivity index (χ0) is 8.06. The van der Waals surface area contributed by atoms with Crippen LogP contribution in [0.3, 0.4) is 0 Å². The van der Waals surface area contributed by atoms with E-state index in [1.54, 1.807) is 0 Å². The van der Waals surface area contributed by atoms with Gasteiger partial charge in [-0.3, -0.25) is 0 Å². The Labute approximate surface area is 68.2 Å². The predicted octanol–water partition coefficient (Wildman–Crippen LogP) is 2.26. The third-order valence-electron chi connectivity index (χ3n) is 4.09. The van der Waals surface area contributed by atoms with E-state index in [2.05, 4.69) is 13.8 Å². The van der Waals surface area contributed by atoms with Crippen LogP contribution in [0.25, 0.3) is 0 Å². The minimum atomic E-state index is 0.384. The molecule has 3 fully saturated rings. The molecule has 0 aliphatic heterocycles. The van der Waals surface area contributed by atoms with Crippen molar-refractivity contribution in [2.75, 3.05) is 0 Å². The van der Waals surface area contributed by atoms with E-state index in [4.69, 9.17) is 0 Å². The number of hydrogen-bond acceptors (Lipinski definition) is 1. The zero-order valence-electron chi connectivity index (χ0n) is 7.34. The molecule has 2 bridgehead atoms. The molecule has 0 radical (unpaired) electrons. The fourth-order valence-corrected chi connectivity index (χ4v) is 3.03. The summed E-state index contributed by atoms with van der Waals surface area (Å²) in [5.41, 5.74) is 0.476. The standard InChI is InChI=1S/C10H16O/c1-10(2)8-4-3-7(6-11)9(10)5-8/h6-9H,3-5H2,1-2H3. The Kier molecular flexibility index (Phi) is 1.39. The van der Waals surface area contributed by atoms with Crippen LogP contribution in [-0.4, -0.2) is 6.29 Å². The van der Waals surface area contributed by atoms with Crippen molar-refractivity contribution < 1.29 is 4.79 Å². The van der Waals surface area contributed by atoms with Gasteiger partial charge in [0.05, 0.1) is 0 Å². The van der Waals surface area contributed by atoms with Gasteiger partial charge in [-0.15, -0.1) is 0 Å². The normalized spacial score (nSPS) is 46.2. The summed E-state index contributed by atoms with van der Waals surface area (Å²) in [4.78, 5) is 10.7. The lowest BCUT2D eigenvalue weighted by atomic mass is 9.46. The van der Waals surface area contributed by atoms with E-state index >= 15 is 0 Å². The maximum Gasteiger partial charge on any atom is 0.123 e. The van der Waals surface area contributed by atoms with Crippen molar-refractivity contribution in [3.8, 4) is 0 Å². The Morgan fingerprint density at radius 3 is 2.45 bits per heavy atom. The molecule has 3 saturated carbocycles. The van der Waals surface area contributed by atoms with Gasteiger partial charge in [-0.2, -0.15) is 0 Å². The van der Waals surface area contributed by atoms with E-state index in [1.165, 1.54) is 19.1 Å². The summed E-state index contributed by atoms with van der Waals surface area (Å²) in [7, 11) is 0. The predicted molar refractivity (Wildman–Crippen MR) is 44.2 cm³/mol. The number of carbonyl (C=O) groups excluding carboxylic acids is 1. The van der Waals surface area contributed by atoms with Crippen molar-refractivity contribution in [3.05, 3.63) is 0 Å². The third-order valence-corrected chi connectivity index (χ3v) is 4.09. The van der Waals surface area contributed by atoms with Crippen molar-refractivity contribution in [3.63, 3.8) is 0 Å². The first-order chi connectivity index (χ1) is 5.16. The van der Waals surface area contributed by atoms with Gasteiger partial charge >= 0.3 is 0 Å². The highest BCUT2D eigenvalue weighted by Gasteiger charge is 2.53. The highest BCUT2D eigenvalue weighted by molar-refractivity contribution is 5.55. The molecule has 0 aromatic carbocycles. The third kappa shape index (κ3) is 0.800. The SMILES string of the molecule is CC1(C)C2CCC(C=O)C1C2. The number of aldehydes is 1. The Morgan fingerprint density at radius 1 is 1.36 bits per heavy atom. The molecule has 0 spiro atoms. The molecule has 0 aromatic heterocycles. The number of carbonyl (C=O) groups is 1. The summed E-state index contributed by atoms with van der Waals surface area (Å²) in [6.07, 6.45) is 4.94. The second-order valence-electron chi connectivity index (χ2n) is 4.74. The van der Waals surface area contributed by atoms with Crippen molar-refractivity contribution in [1.82, 2.24) is 0 Å². The van der Waals surface area contributed by atoms with Gasteiger partial charge in [0.1, 0.15) is 6.29 Å². The molecular formula is C10H16O. The molecule has 11 heavy (non-hydrogen) atoms. The zero-order valence-corrected chi connectivity index (χ0v) is 7.34. The van der Waals surface area contributed by atoms with E-state index < -0.39 is 0 Å². The molecule has 0 amide bonds. The number of rotatable bonds is 1. The smallest absolute Gasteiger partial charge is 0.123 e. The minimum absolute atomic E-state index is 0.384. The fourth-order valence-electron chi connectivity index (χ4n) is 3.03. The van der Waals surface area contributed by atoms with Crippen LogP contribution in [0.5, 0.6) is 0 Å². The molecule has 0 saturated heterocycles. The molecule has 1 heteroatoms. The van der Waals surface area contributed by atoms with Gasteiger partial charge in [0.15, 0.2) is 0 Å². The van der Waals surface area contributed by atoms with Crippen LogP contribution in [0.4, 0.5) is 0 Å². The van der Waals surface area contributed by atoms with E-state index in [-0.39, 0.29) is 0 Å². The summed E-state index contributed by atoms with van der Waals surface area (Å²) in [5.74, 6) is 2.01. The highest BCUT2D eigenvalue weighted by atomic mass is 16.1. The Hall–Kier alpha value is -0.330. The first-order valence-electron chi connectivity index (χ1n) is 4.61. The summed E-state index contributed by atoms with van der Waals surface area (Å²) in [6.45, 7) is 4.64. The van der Waals surface area contributed by atoms with E-state index in [0.717, 1.165) is 12.3 Å². The van der Waals surface area contributed by atoms with Gasteiger partial charge in [0.2, 0.25) is 0 Å². The number of fused-ring (bicyclic) bond motifs is 2. The Balaban J connectivity index is 2.16. The summed E-state index contributed by atoms with van der Waals surface area (Å²) in [6, 6.07) is 0. The topological polar surface area (TPSA) is 17.1 Å². The molecule has 1 nitrogen and oxygen atoms in total. The van der Waals surface area contributed by atoms with Gasteiger partial charge in [0.25, 0.3) is 0 Å². The van der Waals surface area contributed by atoms with Crippen LogP contribution in [0.1, 0.15) is 33.1 Å². The largest absolute Gasteiger partial charge is 0.303 e. The molecule has 3 unspecified atom stereocenters. The highest BCUT2D eigenvalue weighted by Crippen LogP contribution is 2.60.